The molecule has 128 valence electrons. The average molecular weight is 353 g/mol. The number of hydrogen-bond donors (Lipinski definition) is 0. The molecule has 0 spiro atoms. The van der Waals surface area contributed by atoms with Crippen LogP contribution in [0.3, 0.4) is 0 Å². The van der Waals surface area contributed by atoms with Crippen molar-refractivity contribution in [3.63, 3.8) is 0 Å². The molecule has 1 aromatic carbocycles. The van der Waals surface area contributed by atoms with Gasteiger partial charge in [-0.1, -0.05) is 29.4 Å². The van der Waals surface area contributed by atoms with Gasteiger partial charge in [0.15, 0.2) is 0 Å². The summed E-state index contributed by atoms with van der Waals surface area (Å²) in [6.07, 6.45) is 1.70. The Bertz CT molecular complexity index is 864. The van der Waals surface area contributed by atoms with Gasteiger partial charge in [-0.15, -0.1) is 11.3 Å². The van der Waals surface area contributed by atoms with Crippen LogP contribution in [-0.2, 0) is 0 Å². The number of likely N-dealkylation sites (tertiary alicyclic amines) is 1. The van der Waals surface area contributed by atoms with Crippen molar-refractivity contribution < 1.29 is 9.32 Å². The molecule has 0 saturated carbocycles. The molecule has 1 aliphatic rings. The lowest BCUT2D eigenvalue weighted by Crippen LogP contribution is -2.38. The van der Waals surface area contributed by atoms with E-state index in [4.69, 9.17) is 4.52 Å². The Morgan fingerprint density at radius 1 is 1.20 bits per heavy atom. The van der Waals surface area contributed by atoms with Gasteiger partial charge in [0, 0.05) is 24.6 Å². The maximum absolute atomic E-state index is 12.7. The van der Waals surface area contributed by atoms with Crippen LogP contribution in [-0.4, -0.2) is 34.0 Å². The van der Waals surface area contributed by atoms with E-state index in [9.17, 15) is 4.79 Å². The number of rotatable bonds is 3. The molecule has 1 amide bonds. The van der Waals surface area contributed by atoms with Gasteiger partial charge in [-0.2, -0.15) is 4.98 Å². The van der Waals surface area contributed by atoms with Gasteiger partial charge >= 0.3 is 0 Å². The minimum atomic E-state index is 0.112. The molecule has 25 heavy (non-hydrogen) atoms. The van der Waals surface area contributed by atoms with Crippen LogP contribution >= 0.6 is 11.3 Å². The molecule has 0 aliphatic carbocycles. The third-order valence-corrected chi connectivity index (χ3v) is 5.56. The summed E-state index contributed by atoms with van der Waals surface area (Å²) in [6, 6.07) is 11.7. The number of piperidine rings is 1. The van der Waals surface area contributed by atoms with Crippen molar-refractivity contribution in [3.05, 3.63) is 58.8 Å². The molecule has 3 aromatic rings. The van der Waals surface area contributed by atoms with E-state index in [2.05, 4.69) is 10.1 Å². The predicted octanol–water partition coefficient (Wildman–Crippen LogP) is 4.13. The number of carbonyl (C=O) groups excluding carboxylic acids is 1. The molecule has 1 fully saturated rings. The van der Waals surface area contributed by atoms with E-state index in [0.717, 1.165) is 28.8 Å². The van der Waals surface area contributed by atoms with Crippen LogP contribution in [0.4, 0.5) is 0 Å². The lowest BCUT2D eigenvalue weighted by Gasteiger charge is -2.30. The van der Waals surface area contributed by atoms with Crippen molar-refractivity contribution in [1.29, 1.82) is 0 Å². The van der Waals surface area contributed by atoms with Gasteiger partial charge in [-0.05, 0) is 42.8 Å². The van der Waals surface area contributed by atoms with Gasteiger partial charge in [-0.3, -0.25) is 4.79 Å². The Balaban J connectivity index is 1.42. The van der Waals surface area contributed by atoms with Gasteiger partial charge in [0.1, 0.15) is 0 Å². The third kappa shape index (κ3) is 3.22. The summed E-state index contributed by atoms with van der Waals surface area (Å²) in [5, 5.41) is 6.09. The van der Waals surface area contributed by atoms with Crippen molar-refractivity contribution in [2.45, 2.75) is 25.7 Å². The van der Waals surface area contributed by atoms with Crippen LogP contribution < -0.4 is 0 Å². The van der Waals surface area contributed by atoms with Crippen LogP contribution in [0.2, 0.25) is 0 Å². The van der Waals surface area contributed by atoms with E-state index >= 15 is 0 Å². The summed E-state index contributed by atoms with van der Waals surface area (Å²) in [5.41, 5.74) is 1.81. The van der Waals surface area contributed by atoms with E-state index in [1.807, 2.05) is 53.6 Å². The zero-order valence-electron chi connectivity index (χ0n) is 14.0. The number of benzene rings is 1. The topological polar surface area (TPSA) is 59.2 Å². The maximum Gasteiger partial charge on any atom is 0.254 e. The molecule has 5 nitrogen and oxygen atoms in total. The van der Waals surface area contributed by atoms with Gasteiger partial charge in [-0.25, -0.2) is 0 Å². The Labute approximate surface area is 150 Å². The zero-order valence-corrected chi connectivity index (χ0v) is 14.8. The Hall–Kier alpha value is -2.47. The molecule has 1 aliphatic heterocycles. The second-order valence-electron chi connectivity index (χ2n) is 6.31. The minimum absolute atomic E-state index is 0.112. The fraction of sp³-hybridized carbons (Fsp3) is 0.316. The lowest BCUT2D eigenvalue weighted by atomic mass is 9.96. The average Bonchev–Trinajstić information content (AvgIpc) is 3.33. The fourth-order valence-corrected chi connectivity index (χ4v) is 3.87. The summed E-state index contributed by atoms with van der Waals surface area (Å²) in [6.45, 7) is 3.41. The molecule has 0 radical (unpaired) electrons. The molecule has 0 unspecified atom stereocenters. The second kappa shape index (κ2) is 6.80. The Kier molecular flexibility index (Phi) is 4.36. The normalized spacial score (nSPS) is 15.5. The first-order valence-electron chi connectivity index (χ1n) is 8.45. The molecule has 6 heteroatoms. The molecule has 0 atom stereocenters. The summed E-state index contributed by atoms with van der Waals surface area (Å²) >= 11 is 1.60. The van der Waals surface area contributed by atoms with E-state index < -0.39 is 0 Å². The second-order valence-corrected chi connectivity index (χ2v) is 7.26. The van der Waals surface area contributed by atoms with Crippen molar-refractivity contribution >= 4 is 17.2 Å². The lowest BCUT2D eigenvalue weighted by molar-refractivity contribution is 0.0704. The van der Waals surface area contributed by atoms with Crippen molar-refractivity contribution in [1.82, 2.24) is 15.0 Å². The Morgan fingerprint density at radius 3 is 2.72 bits per heavy atom. The molecular weight excluding hydrogens is 334 g/mol. The number of amides is 1. The summed E-state index contributed by atoms with van der Waals surface area (Å²) < 4.78 is 5.47. The van der Waals surface area contributed by atoms with Crippen molar-refractivity contribution in [2.75, 3.05) is 13.1 Å². The van der Waals surface area contributed by atoms with E-state index in [0.29, 0.717) is 24.8 Å². The number of thiophene rings is 1. The Morgan fingerprint density at radius 2 is 2.00 bits per heavy atom. The largest absolute Gasteiger partial charge is 0.339 e. The molecule has 4 rings (SSSR count). The van der Waals surface area contributed by atoms with Crippen LogP contribution in [0.15, 0.2) is 46.3 Å². The standard InChI is InChI=1S/C19H19N3O2S/c1-13-5-2-3-6-15(13)19(23)22-10-8-14(9-11-22)18-20-17(21-24-18)16-7-4-12-25-16/h2-7,12,14H,8-11H2,1H3. The van der Waals surface area contributed by atoms with Gasteiger partial charge in [0.05, 0.1) is 4.88 Å². The van der Waals surface area contributed by atoms with Gasteiger partial charge < -0.3 is 9.42 Å². The van der Waals surface area contributed by atoms with Gasteiger partial charge in [0.2, 0.25) is 11.7 Å². The third-order valence-electron chi connectivity index (χ3n) is 4.69. The minimum Gasteiger partial charge on any atom is -0.339 e. The number of nitrogens with zero attached hydrogens (tertiary/aromatic N) is 3. The molecule has 1 saturated heterocycles. The first-order valence-corrected chi connectivity index (χ1v) is 9.33. The molecular formula is C19H19N3O2S. The monoisotopic (exact) mass is 353 g/mol. The van der Waals surface area contributed by atoms with E-state index in [1.54, 1.807) is 11.3 Å². The highest BCUT2D eigenvalue weighted by atomic mass is 32.1. The number of hydrogen-bond acceptors (Lipinski definition) is 5. The molecule has 3 heterocycles. The van der Waals surface area contributed by atoms with Crippen LogP contribution in [0.5, 0.6) is 0 Å². The maximum atomic E-state index is 12.7. The first-order chi connectivity index (χ1) is 12.2. The summed E-state index contributed by atoms with van der Waals surface area (Å²) in [5.74, 6) is 1.68. The zero-order chi connectivity index (χ0) is 17.2. The smallest absolute Gasteiger partial charge is 0.254 e. The van der Waals surface area contributed by atoms with Crippen LogP contribution in [0.25, 0.3) is 10.7 Å². The van der Waals surface area contributed by atoms with E-state index in [-0.39, 0.29) is 11.8 Å². The number of aromatic nitrogens is 2. The number of aryl methyl sites for hydroxylation is 1. The highest BCUT2D eigenvalue weighted by Gasteiger charge is 2.28. The quantitative estimate of drug-likeness (QED) is 0.710. The fourth-order valence-electron chi connectivity index (χ4n) is 3.22. The van der Waals surface area contributed by atoms with E-state index in [1.165, 1.54) is 0 Å². The molecule has 0 N–H and O–H groups in total. The molecule has 0 bridgehead atoms. The van der Waals surface area contributed by atoms with Crippen LogP contribution in [0.1, 0.15) is 40.6 Å². The number of carbonyl (C=O) groups is 1. The molecule has 2 aromatic heterocycles. The first kappa shape index (κ1) is 16.0. The van der Waals surface area contributed by atoms with Crippen molar-refractivity contribution in [2.24, 2.45) is 0 Å². The summed E-state index contributed by atoms with van der Waals surface area (Å²) in [4.78, 5) is 20.2. The highest BCUT2D eigenvalue weighted by Crippen LogP contribution is 2.30. The SMILES string of the molecule is Cc1ccccc1C(=O)N1CCC(c2nc(-c3cccs3)no2)CC1. The highest BCUT2D eigenvalue weighted by molar-refractivity contribution is 7.13. The van der Waals surface area contributed by atoms with Crippen molar-refractivity contribution in [3.8, 4) is 10.7 Å². The van der Waals surface area contributed by atoms with Gasteiger partial charge in [0.25, 0.3) is 5.91 Å². The summed E-state index contributed by atoms with van der Waals surface area (Å²) in [7, 11) is 0. The van der Waals surface area contributed by atoms with Crippen LogP contribution in [0, 0.1) is 6.92 Å². The predicted molar refractivity (Wildman–Crippen MR) is 96.7 cm³/mol.